The number of hydrazine groups is 1. The Bertz CT molecular complexity index is 744. The summed E-state index contributed by atoms with van der Waals surface area (Å²) in [5.74, 6) is -0.472. The molecular weight excluding hydrogens is 324 g/mol. The van der Waals surface area contributed by atoms with Gasteiger partial charge in [0.05, 0.1) is 13.0 Å². The predicted octanol–water partition coefficient (Wildman–Crippen LogP) is 1.20. The largest absolute Gasteiger partial charge is 0.290 e. The summed E-state index contributed by atoms with van der Waals surface area (Å²) in [6, 6.07) is 8.29. The van der Waals surface area contributed by atoms with E-state index >= 15 is 0 Å². The second kappa shape index (κ2) is 7.55. The van der Waals surface area contributed by atoms with Gasteiger partial charge in [0.25, 0.3) is 5.91 Å². The second-order valence-corrected chi connectivity index (χ2v) is 6.83. The maximum Gasteiger partial charge on any atom is 0.252 e. The standard InChI is InChI=1S/C17H20N4O2S/c1-12-11-24-17(18-12)8-15(22)19-20-16(23)10-21-7-6-13-4-2-3-5-14(13)9-21/h2-5,11H,6-10H2,1H3,(H,19,22)(H,20,23). The van der Waals surface area contributed by atoms with E-state index < -0.39 is 0 Å². The number of thiazole rings is 1. The van der Waals surface area contributed by atoms with Crippen LogP contribution in [-0.4, -0.2) is 34.8 Å². The molecule has 2 heterocycles. The lowest BCUT2D eigenvalue weighted by Crippen LogP contribution is -2.47. The summed E-state index contributed by atoms with van der Waals surface area (Å²) in [7, 11) is 0. The smallest absolute Gasteiger partial charge is 0.252 e. The van der Waals surface area contributed by atoms with Gasteiger partial charge in [-0.25, -0.2) is 4.98 Å². The third kappa shape index (κ3) is 4.39. The van der Waals surface area contributed by atoms with Gasteiger partial charge in [-0.2, -0.15) is 0 Å². The van der Waals surface area contributed by atoms with Crippen molar-refractivity contribution in [2.45, 2.75) is 26.3 Å². The third-order valence-corrected chi connectivity index (χ3v) is 4.86. The van der Waals surface area contributed by atoms with Crippen molar-refractivity contribution in [1.29, 1.82) is 0 Å². The fraction of sp³-hybridized carbons (Fsp3) is 0.353. The Labute approximate surface area is 144 Å². The van der Waals surface area contributed by atoms with Gasteiger partial charge in [-0.3, -0.25) is 25.3 Å². The molecule has 2 amide bonds. The molecule has 0 atom stereocenters. The number of aryl methyl sites for hydroxylation is 1. The van der Waals surface area contributed by atoms with Crippen molar-refractivity contribution < 1.29 is 9.59 Å². The van der Waals surface area contributed by atoms with Crippen molar-refractivity contribution >= 4 is 23.2 Å². The minimum Gasteiger partial charge on any atom is -0.290 e. The first-order chi connectivity index (χ1) is 11.6. The average molecular weight is 344 g/mol. The first-order valence-corrected chi connectivity index (χ1v) is 8.76. The lowest BCUT2D eigenvalue weighted by atomic mass is 10.00. The maximum atomic E-state index is 12.0. The Balaban J connectivity index is 1.42. The highest BCUT2D eigenvalue weighted by Gasteiger charge is 2.18. The number of benzene rings is 1. The van der Waals surface area contributed by atoms with Crippen LogP contribution in [0.2, 0.25) is 0 Å². The number of carbonyl (C=O) groups excluding carboxylic acids is 2. The second-order valence-electron chi connectivity index (χ2n) is 5.89. The molecule has 0 radical (unpaired) electrons. The van der Waals surface area contributed by atoms with Crippen molar-refractivity contribution in [3.05, 3.63) is 51.5 Å². The molecule has 1 aromatic heterocycles. The van der Waals surface area contributed by atoms with Gasteiger partial charge >= 0.3 is 0 Å². The molecule has 0 bridgehead atoms. The number of carbonyl (C=O) groups is 2. The number of hydrogen-bond acceptors (Lipinski definition) is 5. The van der Waals surface area contributed by atoms with E-state index in [0.29, 0.717) is 0 Å². The first-order valence-electron chi connectivity index (χ1n) is 7.88. The number of fused-ring (bicyclic) bond motifs is 1. The van der Waals surface area contributed by atoms with Gasteiger partial charge in [0.2, 0.25) is 5.91 Å². The van der Waals surface area contributed by atoms with E-state index in [9.17, 15) is 9.59 Å². The summed E-state index contributed by atoms with van der Waals surface area (Å²) < 4.78 is 0. The van der Waals surface area contributed by atoms with Crippen molar-refractivity contribution in [3.63, 3.8) is 0 Å². The van der Waals surface area contributed by atoms with Gasteiger partial charge in [-0.1, -0.05) is 24.3 Å². The number of aromatic nitrogens is 1. The SMILES string of the molecule is Cc1csc(CC(=O)NNC(=O)CN2CCc3ccccc3C2)n1. The summed E-state index contributed by atoms with van der Waals surface area (Å²) in [4.78, 5) is 30.1. The zero-order valence-corrected chi connectivity index (χ0v) is 14.4. The number of hydrogen-bond donors (Lipinski definition) is 2. The van der Waals surface area contributed by atoms with Crippen molar-refractivity contribution in [2.24, 2.45) is 0 Å². The normalized spacial score (nSPS) is 14.0. The Morgan fingerprint density at radius 2 is 1.96 bits per heavy atom. The Morgan fingerprint density at radius 3 is 2.71 bits per heavy atom. The Kier molecular flexibility index (Phi) is 5.22. The van der Waals surface area contributed by atoms with Crippen LogP contribution in [0.3, 0.4) is 0 Å². The highest BCUT2D eigenvalue weighted by atomic mass is 32.1. The molecule has 7 heteroatoms. The molecule has 3 rings (SSSR count). The fourth-order valence-electron chi connectivity index (χ4n) is 2.74. The van der Waals surface area contributed by atoms with Crippen LogP contribution in [0.25, 0.3) is 0 Å². The monoisotopic (exact) mass is 344 g/mol. The van der Waals surface area contributed by atoms with E-state index in [1.807, 2.05) is 24.4 Å². The zero-order chi connectivity index (χ0) is 16.9. The molecule has 1 aliphatic rings. The van der Waals surface area contributed by atoms with Crippen molar-refractivity contribution in [2.75, 3.05) is 13.1 Å². The molecule has 2 N–H and O–H groups in total. The molecule has 0 fully saturated rings. The van der Waals surface area contributed by atoms with E-state index in [2.05, 4.69) is 32.9 Å². The van der Waals surface area contributed by atoms with Gasteiger partial charge in [0.1, 0.15) is 5.01 Å². The van der Waals surface area contributed by atoms with Gasteiger partial charge in [0.15, 0.2) is 0 Å². The molecule has 2 aromatic rings. The molecule has 126 valence electrons. The Hall–Kier alpha value is -2.25. The Morgan fingerprint density at radius 1 is 1.21 bits per heavy atom. The lowest BCUT2D eigenvalue weighted by molar-refractivity contribution is -0.129. The van der Waals surface area contributed by atoms with Crippen LogP contribution in [0.1, 0.15) is 21.8 Å². The van der Waals surface area contributed by atoms with Crippen LogP contribution in [0, 0.1) is 6.92 Å². The van der Waals surface area contributed by atoms with Crippen LogP contribution < -0.4 is 10.9 Å². The maximum absolute atomic E-state index is 12.0. The summed E-state index contributed by atoms with van der Waals surface area (Å²) in [5, 5.41) is 2.64. The fourth-order valence-corrected chi connectivity index (χ4v) is 3.51. The predicted molar refractivity (Wildman–Crippen MR) is 92.3 cm³/mol. The van der Waals surface area contributed by atoms with E-state index in [1.165, 1.54) is 22.5 Å². The van der Waals surface area contributed by atoms with Crippen LogP contribution in [0.4, 0.5) is 0 Å². The van der Waals surface area contributed by atoms with Crippen LogP contribution in [0.5, 0.6) is 0 Å². The molecule has 1 aliphatic heterocycles. The molecular formula is C17H20N4O2S. The molecule has 0 saturated heterocycles. The van der Waals surface area contributed by atoms with Crippen LogP contribution >= 0.6 is 11.3 Å². The zero-order valence-electron chi connectivity index (χ0n) is 13.5. The highest BCUT2D eigenvalue weighted by molar-refractivity contribution is 7.09. The first kappa shape index (κ1) is 16.6. The average Bonchev–Trinajstić information content (AvgIpc) is 2.98. The lowest BCUT2D eigenvalue weighted by Gasteiger charge is -2.28. The minimum atomic E-state index is -0.262. The molecule has 0 aliphatic carbocycles. The highest BCUT2D eigenvalue weighted by Crippen LogP contribution is 2.17. The van der Waals surface area contributed by atoms with Crippen molar-refractivity contribution in [3.8, 4) is 0 Å². The van der Waals surface area contributed by atoms with E-state index in [1.54, 1.807) is 0 Å². The molecule has 6 nitrogen and oxygen atoms in total. The molecule has 0 unspecified atom stereocenters. The van der Waals surface area contributed by atoms with Gasteiger partial charge in [-0.15, -0.1) is 11.3 Å². The van der Waals surface area contributed by atoms with Crippen LogP contribution in [-0.2, 0) is 29.0 Å². The number of rotatable bonds is 4. The van der Waals surface area contributed by atoms with Gasteiger partial charge < -0.3 is 0 Å². The summed E-state index contributed by atoms with van der Waals surface area (Å²) in [6.45, 7) is 3.76. The van der Waals surface area contributed by atoms with Gasteiger partial charge in [-0.05, 0) is 24.5 Å². The van der Waals surface area contributed by atoms with Crippen molar-refractivity contribution in [1.82, 2.24) is 20.7 Å². The third-order valence-electron chi connectivity index (χ3n) is 3.90. The summed E-state index contributed by atoms with van der Waals surface area (Å²) >= 11 is 1.44. The summed E-state index contributed by atoms with van der Waals surface area (Å²) in [5.41, 5.74) is 8.44. The number of amides is 2. The van der Waals surface area contributed by atoms with E-state index in [0.717, 1.165) is 30.2 Å². The van der Waals surface area contributed by atoms with E-state index in [4.69, 9.17) is 0 Å². The molecule has 0 saturated carbocycles. The summed E-state index contributed by atoms with van der Waals surface area (Å²) in [6.07, 6.45) is 1.12. The number of nitrogens with zero attached hydrogens (tertiary/aromatic N) is 2. The molecule has 0 spiro atoms. The molecule has 24 heavy (non-hydrogen) atoms. The quantitative estimate of drug-likeness (QED) is 0.818. The van der Waals surface area contributed by atoms with E-state index in [-0.39, 0.29) is 24.8 Å². The van der Waals surface area contributed by atoms with Gasteiger partial charge in [0, 0.05) is 24.2 Å². The van der Waals surface area contributed by atoms with Crippen LogP contribution in [0.15, 0.2) is 29.6 Å². The topological polar surface area (TPSA) is 74.3 Å². The molecule has 1 aromatic carbocycles. The number of nitrogens with one attached hydrogen (secondary N) is 2. The minimum absolute atomic E-state index is 0.176.